The molecule has 0 aliphatic carbocycles. The zero-order valence-electron chi connectivity index (χ0n) is 24.2. The third-order valence-electron chi connectivity index (χ3n) is 8.46. The summed E-state index contributed by atoms with van der Waals surface area (Å²) in [6, 6.07) is 55.8. The number of thiophene rings is 1. The van der Waals surface area contributed by atoms with Crippen molar-refractivity contribution in [3.05, 3.63) is 158 Å². The lowest BCUT2D eigenvalue weighted by atomic mass is 10.0. The van der Waals surface area contributed by atoms with Crippen molar-refractivity contribution in [3.8, 4) is 22.6 Å². The first kappa shape index (κ1) is 25.8. The van der Waals surface area contributed by atoms with Crippen LogP contribution in [0.15, 0.2) is 162 Å². The predicted octanol–water partition coefficient (Wildman–Crippen LogP) is 12.2. The lowest BCUT2D eigenvalue weighted by Crippen LogP contribution is -2.09. The topological polar surface area (TPSA) is 29.3 Å². The molecule has 0 radical (unpaired) electrons. The van der Waals surface area contributed by atoms with E-state index in [-0.39, 0.29) is 0 Å². The van der Waals surface area contributed by atoms with Crippen molar-refractivity contribution in [2.24, 2.45) is 0 Å². The third kappa shape index (κ3) is 4.55. The fourth-order valence-electron chi connectivity index (χ4n) is 6.22. The van der Waals surface area contributed by atoms with Crippen molar-refractivity contribution in [2.75, 3.05) is 4.90 Å². The zero-order valence-corrected chi connectivity index (χ0v) is 25.0. The Labute approximate surface area is 264 Å². The minimum absolute atomic E-state index is 0.649. The molecule has 9 aromatic rings. The van der Waals surface area contributed by atoms with Crippen molar-refractivity contribution in [1.82, 2.24) is 4.98 Å². The van der Waals surface area contributed by atoms with Crippen LogP contribution in [0.3, 0.4) is 0 Å². The number of nitrogens with zero attached hydrogens (tertiary/aromatic N) is 2. The fourth-order valence-corrected chi connectivity index (χ4v) is 7.33. The molecule has 7 aromatic carbocycles. The summed E-state index contributed by atoms with van der Waals surface area (Å²) in [5.41, 5.74) is 8.40. The van der Waals surface area contributed by atoms with Gasteiger partial charge in [0.2, 0.25) is 5.89 Å². The molecule has 0 bridgehead atoms. The molecule has 9 rings (SSSR count). The molecule has 0 saturated heterocycles. The number of aromatic nitrogens is 1. The molecule has 0 spiro atoms. The van der Waals surface area contributed by atoms with E-state index in [0.29, 0.717) is 5.89 Å². The standard InChI is InChI=1S/C41H26N2OS/c1-3-10-29(11-4-1)41-42-37-26-40-36(25-38(37)44-41)35-24-34(21-22-39(35)45-40)43(32-13-5-2-6-14-32)33-19-17-28(18-20-33)31-16-15-27-9-7-8-12-30(27)23-31/h1-26H. The highest BCUT2D eigenvalue weighted by molar-refractivity contribution is 7.25. The Balaban J connectivity index is 1.14. The first-order valence-electron chi connectivity index (χ1n) is 15.0. The normalized spacial score (nSPS) is 11.6. The summed E-state index contributed by atoms with van der Waals surface area (Å²) in [6.45, 7) is 0. The number of hydrogen-bond acceptors (Lipinski definition) is 4. The van der Waals surface area contributed by atoms with Gasteiger partial charge in [-0.2, -0.15) is 0 Å². The number of hydrogen-bond donors (Lipinski definition) is 0. The summed E-state index contributed by atoms with van der Waals surface area (Å²) in [5.74, 6) is 0.649. The number of fused-ring (bicyclic) bond motifs is 5. The van der Waals surface area contributed by atoms with Gasteiger partial charge < -0.3 is 9.32 Å². The number of anilines is 3. The summed E-state index contributed by atoms with van der Waals surface area (Å²) in [5, 5.41) is 4.89. The Hall–Kier alpha value is -5.71. The average molecular weight is 595 g/mol. The second-order valence-corrected chi connectivity index (χ2v) is 12.3. The second kappa shape index (κ2) is 10.5. The van der Waals surface area contributed by atoms with Gasteiger partial charge in [-0.25, -0.2) is 4.98 Å². The molecule has 0 aliphatic heterocycles. The summed E-state index contributed by atoms with van der Waals surface area (Å²) < 4.78 is 8.69. The van der Waals surface area contributed by atoms with Crippen LogP contribution in [-0.4, -0.2) is 4.98 Å². The van der Waals surface area contributed by atoms with E-state index in [2.05, 4.69) is 132 Å². The van der Waals surface area contributed by atoms with Crippen LogP contribution in [-0.2, 0) is 0 Å². The molecule has 0 aliphatic rings. The van der Waals surface area contributed by atoms with E-state index in [0.717, 1.165) is 33.7 Å². The van der Waals surface area contributed by atoms with Crippen molar-refractivity contribution >= 4 is 70.4 Å². The number of rotatable bonds is 5. The number of para-hydroxylation sites is 1. The van der Waals surface area contributed by atoms with Gasteiger partial charge in [-0.15, -0.1) is 11.3 Å². The van der Waals surface area contributed by atoms with E-state index >= 15 is 0 Å². The van der Waals surface area contributed by atoms with Gasteiger partial charge in [-0.1, -0.05) is 84.9 Å². The smallest absolute Gasteiger partial charge is 0.227 e. The highest BCUT2D eigenvalue weighted by Gasteiger charge is 2.17. The molecular formula is C41H26N2OS. The van der Waals surface area contributed by atoms with Crippen LogP contribution in [0, 0.1) is 0 Å². The van der Waals surface area contributed by atoms with E-state index in [4.69, 9.17) is 9.40 Å². The van der Waals surface area contributed by atoms with Crippen molar-refractivity contribution in [3.63, 3.8) is 0 Å². The van der Waals surface area contributed by atoms with Gasteiger partial charge in [0.05, 0.1) is 0 Å². The van der Waals surface area contributed by atoms with Gasteiger partial charge in [0.15, 0.2) is 5.58 Å². The van der Waals surface area contributed by atoms with Crippen LogP contribution >= 0.6 is 11.3 Å². The Morgan fingerprint density at radius 3 is 1.96 bits per heavy atom. The van der Waals surface area contributed by atoms with E-state index in [1.807, 2.05) is 30.3 Å². The monoisotopic (exact) mass is 594 g/mol. The SMILES string of the molecule is c1ccc(-c2nc3cc4sc5ccc(N(c6ccccc6)c6ccc(-c7ccc8ccccc8c7)cc6)cc5c4cc3o2)cc1. The van der Waals surface area contributed by atoms with Crippen LogP contribution in [0.5, 0.6) is 0 Å². The summed E-state index contributed by atoms with van der Waals surface area (Å²) >= 11 is 1.79. The molecular weight excluding hydrogens is 569 g/mol. The summed E-state index contributed by atoms with van der Waals surface area (Å²) in [4.78, 5) is 7.13. The fraction of sp³-hybridized carbons (Fsp3) is 0. The molecule has 45 heavy (non-hydrogen) atoms. The van der Waals surface area contributed by atoms with Crippen LogP contribution < -0.4 is 4.90 Å². The number of benzene rings is 7. The van der Waals surface area contributed by atoms with E-state index in [9.17, 15) is 0 Å². The molecule has 212 valence electrons. The van der Waals surface area contributed by atoms with E-state index in [1.165, 1.54) is 42.1 Å². The molecule has 0 atom stereocenters. The molecule has 2 heterocycles. The first-order chi connectivity index (χ1) is 22.3. The van der Waals surface area contributed by atoms with Gasteiger partial charge >= 0.3 is 0 Å². The minimum Gasteiger partial charge on any atom is -0.436 e. The largest absolute Gasteiger partial charge is 0.436 e. The second-order valence-electron chi connectivity index (χ2n) is 11.3. The van der Waals surface area contributed by atoms with Crippen LogP contribution in [0.2, 0.25) is 0 Å². The number of oxazole rings is 1. The summed E-state index contributed by atoms with van der Waals surface area (Å²) in [6.07, 6.45) is 0. The van der Waals surface area contributed by atoms with Crippen LogP contribution in [0.4, 0.5) is 17.1 Å². The van der Waals surface area contributed by atoms with Gasteiger partial charge in [0.1, 0.15) is 5.52 Å². The minimum atomic E-state index is 0.649. The van der Waals surface area contributed by atoms with Crippen molar-refractivity contribution in [1.29, 1.82) is 0 Å². The highest BCUT2D eigenvalue weighted by Crippen LogP contribution is 2.42. The van der Waals surface area contributed by atoms with Crippen molar-refractivity contribution in [2.45, 2.75) is 0 Å². The quantitative estimate of drug-likeness (QED) is 0.198. The maximum absolute atomic E-state index is 6.25. The van der Waals surface area contributed by atoms with Crippen LogP contribution in [0.25, 0.3) is 64.6 Å². The van der Waals surface area contributed by atoms with Crippen molar-refractivity contribution < 1.29 is 4.42 Å². The molecule has 0 fully saturated rings. The average Bonchev–Trinajstić information content (AvgIpc) is 3.69. The lowest BCUT2D eigenvalue weighted by molar-refractivity contribution is 0.620. The molecule has 4 heteroatoms. The molecule has 3 nitrogen and oxygen atoms in total. The van der Waals surface area contributed by atoms with E-state index in [1.54, 1.807) is 11.3 Å². The molecule has 0 saturated carbocycles. The van der Waals surface area contributed by atoms with Gasteiger partial charge in [-0.05, 0) is 94.7 Å². The van der Waals surface area contributed by atoms with Crippen LogP contribution in [0.1, 0.15) is 0 Å². The molecule has 0 amide bonds. The Morgan fingerprint density at radius 2 is 1.13 bits per heavy atom. The zero-order chi connectivity index (χ0) is 29.7. The Morgan fingerprint density at radius 1 is 0.467 bits per heavy atom. The maximum atomic E-state index is 6.25. The van der Waals surface area contributed by atoms with Gasteiger partial charge in [-0.3, -0.25) is 0 Å². The van der Waals surface area contributed by atoms with Gasteiger partial charge in [0, 0.05) is 42.8 Å². The highest BCUT2D eigenvalue weighted by atomic mass is 32.1. The molecule has 2 aromatic heterocycles. The third-order valence-corrected chi connectivity index (χ3v) is 9.60. The predicted molar refractivity (Wildman–Crippen MR) is 190 cm³/mol. The maximum Gasteiger partial charge on any atom is 0.227 e. The molecule has 0 N–H and O–H groups in total. The van der Waals surface area contributed by atoms with Gasteiger partial charge in [0.25, 0.3) is 0 Å². The summed E-state index contributed by atoms with van der Waals surface area (Å²) in [7, 11) is 0. The van der Waals surface area contributed by atoms with E-state index < -0.39 is 0 Å². The first-order valence-corrected chi connectivity index (χ1v) is 15.9. The Bertz CT molecular complexity index is 2480. The lowest BCUT2D eigenvalue weighted by Gasteiger charge is -2.26. The Kier molecular flexibility index (Phi) is 6.00. The molecule has 0 unspecified atom stereocenters.